The van der Waals surface area contributed by atoms with E-state index in [9.17, 15) is 10.5 Å². The molecule has 8 aromatic rings. The maximum Gasteiger partial charge on any atom is 0.177 e. The highest BCUT2D eigenvalue weighted by Crippen LogP contribution is 2.29. The van der Waals surface area contributed by atoms with Crippen LogP contribution in [0.25, 0.3) is 0 Å². The second kappa shape index (κ2) is 23.6. The molecule has 10 heteroatoms. The molecule has 0 saturated heterocycles. The molecule has 0 fully saturated rings. The van der Waals surface area contributed by atoms with Crippen molar-refractivity contribution in [3.63, 3.8) is 0 Å². The highest BCUT2D eigenvalue weighted by molar-refractivity contribution is 6.19. The fourth-order valence-electron chi connectivity index (χ4n) is 7.65. The SMILES string of the molecule is N#CC1=C(C#N)N=C(c2ccc(OCc3cc(OCc4ccccc4)cc(OCc4ccccc4)c3)cc2)CC(c2ccc(OCc3cc(OCc4ccccc4)cc(OCc4ccccc4)c3)cc2)=N1. The van der Waals surface area contributed by atoms with Crippen molar-refractivity contribution in [1.82, 2.24) is 0 Å². The molecule has 71 heavy (non-hydrogen) atoms. The van der Waals surface area contributed by atoms with Gasteiger partial charge in [-0.3, -0.25) is 0 Å². The summed E-state index contributed by atoms with van der Waals surface area (Å²) in [6, 6.07) is 70.8. The van der Waals surface area contributed by atoms with E-state index in [4.69, 9.17) is 28.4 Å². The zero-order valence-corrected chi connectivity index (χ0v) is 38.8. The lowest BCUT2D eigenvalue weighted by atomic mass is 9.99. The molecule has 0 aliphatic carbocycles. The second-order valence-corrected chi connectivity index (χ2v) is 16.6. The van der Waals surface area contributed by atoms with Gasteiger partial charge in [-0.25, -0.2) is 9.98 Å². The first-order valence-corrected chi connectivity index (χ1v) is 23.1. The Morgan fingerprint density at radius 2 is 0.577 bits per heavy atom. The molecule has 0 spiro atoms. The molecule has 0 bridgehead atoms. The maximum atomic E-state index is 10.1. The highest BCUT2D eigenvalue weighted by atomic mass is 16.5. The van der Waals surface area contributed by atoms with Crippen molar-refractivity contribution in [2.75, 3.05) is 0 Å². The van der Waals surface area contributed by atoms with Gasteiger partial charge in [0.1, 0.15) is 86.3 Å². The van der Waals surface area contributed by atoms with Crippen molar-refractivity contribution >= 4 is 11.4 Å². The smallest absolute Gasteiger partial charge is 0.177 e. The monoisotopic (exact) mass is 932 g/mol. The van der Waals surface area contributed by atoms with Crippen molar-refractivity contribution < 1.29 is 28.4 Å². The van der Waals surface area contributed by atoms with E-state index in [-0.39, 0.29) is 31.0 Å². The summed E-state index contributed by atoms with van der Waals surface area (Å²) in [5, 5.41) is 20.1. The van der Waals surface area contributed by atoms with Crippen molar-refractivity contribution in [2.24, 2.45) is 9.98 Å². The Morgan fingerprint density at radius 3 is 0.859 bits per heavy atom. The van der Waals surface area contributed by atoms with Gasteiger partial charge < -0.3 is 28.4 Å². The van der Waals surface area contributed by atoms with Crippen LogP contribution in [0.2, 0.25) is 0 Å². The molecule has 0 unspecified atom stereocenters. The van der Waals surface area contributed by atoms with Gasteiger partial charge in [0.2, 0.25) is 0 Å². The van der Waals surface area contributed by atoms with E-state index >= 15 is 0 Å². The number of hydrogen-bond donors (Lipinski definition) is 0. The molecule has 1 aliphatic heterocycles. The predicted molar refractivity (Wildman–Crippen MR) is 273 cm³/mol. The third-order valence-electron chi connectivity index (χ3n) is 11.3. The number of nitriles is 2. The average molecular weight is 933 g/mol. The van der Waals surface area contributed by atoms with Crippen LogP contribution < -0.4 is 28.4 Å². The van der Waals surface area contributed by atoms with Gasteiger partial charge in [-0.2, -0.15) is 10.5 Å². The van der Waals surface area contributed by atoms with Crippen LogP contribution in [-0.4, -0.2) is 11.4 Å². The molecule has 1 aliphatic rings. The maximum absolute atomic E-state index is 10.1. The molecule has 0 saturated carbocycles. The molecule has 1 heterocycles. The number of allylic oxidation sites excluding steroid dienone is 2. The van der Waals surface area contributed by atoms with Crippen molar-refractivity contribution in [3.8, 4) is 46.6 Å². The van der Waals surface area contributed by atoms with Gasteiger partial charge in [-0.05, 0) is 117 Å². The van der Waals surface area contributed by atoms with Crippen molar-refractivity contribution in [3.05, 3.63) is 262 Å². The predicted octanol–water partition coefficient (Wildman–Crippen LogP) is 13.1. The third kappa shape index (κ3) is 13.4. The minimum Gasteiger partial charge on any atom is -0.489 e. The zero-order chi connectivity index (χ0) is 48.5. The number of aliphatic imine (C=N–C) groups is 2. The van der Waals surface area contributed by atoms with E-state index in [0.29, 0.717) is 72.3 Å². The van der Waals surface area contributed by atoms with E-state index in [1.54, 1.807) is 0 Å². The van der Waals surface area contributed by atoms with E-state index in [1.165, 1.54) is 0 Å². The molecule has 0 atom stereocenters. The Hall–Kier alpha value is -9.38. The number of rotatable bonds is 20. The number of hydrogen-bond acceptors (Lipinski definition) is 10. The summed E-state index contributed by atoms with van der Waals surface area (Å²) in [4.78, 5) is 9.31. The molecule has 348 valence electrons. The van der Waals surface area contributed by atoms with Crippen LogP contribution >= 0.6 is 0 Å². The van der Waals surface area contributed by atoms with Crippen LogP contribution in [0.15, 0.2) is 228 Å². The molecule has 10 nitrogen and oxygen atoms in total. The standard InChI is InChI=1S/C61H48N4O6/c62-36-60-61(37-63)65-59(51-23-27-53(28-24-51)67-43-49-31-56(70-40-46-17-9-3-10-18-46)34-57(32-49)71-41-47-19-11-4-12-20-47)35-58(64-60)50-21-25-52(26-22-50)66-42-48-29-54(68-38-44-13-5-1-6-14-44)33-55(30-48)69-39-45-15-7-2-8-16-45/h1-34H,35,38-43H2. The summed E-state index contributed by atoms with van der Waals surface area (Å²) in [6.45, 7) is 2.16. The van der Waals surface area contributed by atoms with E-state index < -0.39 is 0 Å². The Kier molecular flexibility index (Phi) is 15.5. The van der Waals surface area contributed by atoms with Gasteiger partial charge in [-0.1, -0.05) is 121 Å². The van der Waals surface area contributed by atoms with Gasteiger partial charge in [0.05, 0.1) is 11.4 Å². The van der Waals surface area contributed by atoms with Crippen LogP contribution in [0.3, 0.4) is 0 Å². The highest BCUT2D eigenvalue weighted by Gasteiger charge is 2.19. The Balaban J connectivity index is 0.863. The lowest BCUT2D eigenvalue weighted by Gasteiger charge is -2.14. The number of nitrogens with zero attached hydrogens (tertiary/aromatic N) is 4. The summed E-state index contributed by atoms with van der Waals surface area (Å²) in [5.74, 6) is 3.94. The molecule has 8 aromatic carbocycles. The van der Waals surface area contributed by atoms with Crippen LogP contribution in [-0.2, 0) is 39.6 Å². The Labute approximate surface area is 413 Å². The fourth-order valence-corrected chi connectivity index (χ4v) is 7.65. The van der Waals surface area contributed by atoms with Crippen LogP contribution in [0.1, 0.15) is 50.9 Å². The molecule has 0 aromatic heterocycles. The van der Waals surface area contributed by atoms with E-state index in [1.807, 2.05) is 206 Å². The van der Waals surface area contributed by atoms with Crippen LogP contribution in [0.5, 0.6) is 34.5 Å². The van der Waals surface area contributed by atoms with Gasteiger partial charge >= 0.3 is 0 Å². The summed E-state index contributed by atoms with van der Waals surface area (Å²) in [6.07, 6.45) is 0.264. The molecule has 0 amide bonds. The second-order valence-electron chi connectivity index (χ2n) is 16.6. The summed E-state index contributed by atoms with van der Waals surface area (Å²) < 4.78 is 37.4. The molecular formula is C61H48N4O6. The Morgan fingerprint density at radius 1 is 0.310 bits per heavy atom. The van der Waals surface area contributed by atoms with Gasteiger partial charge in [0, 0.05) is 18.6 Å². The van der Waals surface area contributed by atoms with Crippen molar-refractivity contribution in [1.29, 1.82) is 10.5 Å². The van der Waals surface area contributed by atoms with Gasteiger partial charge in [0.15, 0.2) is 11.4 Å². The lowest BCUT2D eigenvalue weighted by Crippen LogP contribution is -2.10. The van der Waals surface area contributed by atoms with Crippen molar-refractivity contribution in [2.45, 2.75) is 46.1 Å². The molecule has 0 N–H and O–H groups in total. The number of ether oxygens (including phenoxy) is 6. The minimum absolute atomic E-state index is 0.0560. The van der Waals surface area contributed by atoms with Gasteiger partial charge in [-0.15, -0.1) is 0 Å². The van der Waals surface area contributed by atoms with Crippen LogP contribution in [0.4, 0.5) is 0 Å². The minimum atomic E-state index is -0.0560. The third-order valence-corrected chi connectivity index (χ3v) is 11.3. The first-order chi connectivity index (χ1) is 35.0. The van der Waals surface area contributed by atoms with Crippen LogP contribution in [0, 0.1) is 22.7 Å². The summed E-state index contributed by atoms with van der Waals surface area (Å²) in [5.41, 5.74) is 8.54. The topological polar surface area (TPSA) is 128 Å². The normalized spacial score (nSPS) is 12.0. The molecular weight excluding hydrogens is 885 g/mol. The van der Waals surface area contributed by atoms with Gasteiger partial charge in [0.25, 0.3) is 0 Å². The largest absolute Gasteiger partial charge is 0.489 e. The zero-order valence-electron chi connectivity index (χ0n) is 38.8. The summed E-state index contributed by atoms with van der Waals surface area (Å²) in [7, 11) is 0. The quantitative estimate of drug-likeness (QED) is 0.0739. The summed E-state index contributed by atoms with van der Waals surface area (Å²) >= 11 is 0. The number of benzene rings is 8. The molecule has 0 radical (unpaired) electrons. The van der Waals surface area contributed by atoms with E-state index in [0.717, 1.165) is 44.5 Å². The fraction of sp³-hybridized carbons (Fsp3) is 0.115. The average Bonchev–Trinajstić information content (AvgIpc) is 3.63. The van der Waals surface area contributed by atoms with E-state index in [2.05, 4.69) is 22.1 Å². The molecule has 9 rings (SSSR count). The Bertz CT molecular complexity index is 2880. The first-order valence-electron chi connectivity index (χ1n) is 23.1. The first kappa shape index (κ1) is 46.7. The lowest BCUT2D eigenvalue weighted by molar-refractivity contribution is 0.281.